The average Bonchev–Trinajstić information content (AvgIpc) is 3.83. The van der Waals surface area contributed by atoms with Crippen molar-refractivity contribution in [2.45, 2.75) is 58.0 Å². The van der Waals surface area contributed by atoms with E-state index in [0.29, 0.717) is 22.0 Å². The molecule has 2 aliphatic rings. The normalized spacial score (nSPS) is 14.7. The topological polar surface area (TPSA) is 96.4 Å². The molecule has 11 heteroatoms. The van der Waals surface area contributed by atoms with E-state index in [-0.39, 0.29) is 52.8 Å². The number of aryl methyl sites for hydroxylation is 1. The van der Waals surface area contributed by atoms with Gasteiger partial charge in [-0.05, 0) is 82.3 Å². The Morgan fingerprint density at radius 1 is 1.18 bits per heavy atom. The fourth-order valence-electron chi connectivity index (χ4n) is 4.42. The number of halogens is 2. The van der Waals surface area contributed by atoms with Crippen LogP contribution in [-0.4, -0.2) is 23.6 Å². The van der Waals surface area contributed by atoms with Crippen LogP contribution in [0.3, 0.4) is 0 Å². The summed E-state index contributed by atoms with van der Waals surface area (Å²) in [5, 5.41) is 6.39. The Kier molecular flexibility index (Phi) is 8.06. The van der Waals surface area contributed by atoms with E-state index in [2.05, 4.69) is 20.1 Å². The number of hydrogen-bond acceptors (Lipinski definition) is 7. The summed E-state index contributed by atoms with van der Waals surface area (Å²) in [5.74, 6) is -0.289. The van der Waals surface area contributed by atoms with Gasteiger partial charge in [0.15, 0.2) is 5.75 Å². The van der Waals surface area contributed by atoms with Crippen molar-refractivity contribution in [2.24, 2.45) is 0 Å². The van der Waals surface area contributed by atoms with E-state index in [1.807, 2.05) is 6.92 Å². The highest BCUT2D eigenvalue weighted by atomic mass is 35.5. The zero-order valence-corrected chi connectivity index (χ0v) is 23.6. The quantitative estimate of drug-likeness (QED) is 0.196. The fraction of sp³-hybridized carbons (Fsp3) is 0.357. The van der Waals surface area contributed by atoms with Crippen molar-refractivity contribution < 1.29 is 13.9 Å². The molecule has 206 valence electrons. The summed E-state index contributed by atoms with van der Waals surface area (Å²) in [6.45, 7) is 3.89. The van der Waals surface area contributed by atoms with Crippen molar-refractivity contribution in [3.05, 3.63) is 74.3 Å². The molecule has 0 atom stereocenters. The summed E-state index contributed by atoms with van der Waals surface area (Å²) in [6, 6.07) is 10.1. The molecule has 0 saturated heterocycles. The standard InChI is InChI=1S/C28H31ClFN5O3S/c1-4-35-26(33-19-13-8-15(2)14-18(19)30)23(27(36)32-17-11-12-17)25(22(28(35)37)16-9-10-16)38-21-7-5-6-20(24(21)29)34-39-31-3/h5-8,13-14,16-17,31,33-34H,4,9-12H2,1-3H3,(H,32,36). The zero-order chi connectivity index (χ0) is 27.7. The summed E-state index contributed by atoms with van der Waals surface area (Å²) in [5.41, 5.74) is 1.83. The highest BCUT2D eigenvalue weighted by molar-refractivity contribution is 7.98. The largest absolute Gasteiger partial charge is 0.454 e. The minimum absolute atomic E-state index is 0.0390. The van der Waals surface area contributed by atoms with Crippen LogP contribution >= 0.6 is 23.7 Å². The number of carbonyl (C=O) groups is 1. The van der Waals surface area contributed by atoms with Gasteiger partial charge in [-0.1, -0.05) is 23.7 Å². The van der Waals surface area contributed by atoms with E-state index in [4.69, 9.17) is 16.3 Å². The molecular weight excluding hydrogens is 541 g/mol. The first-order valence-corrected chi connectivity index (χ1v) is 14.2. The number of nitrogens with zero attached hydrogens (tertiary/aromatic N) is 1. The molecule has 5 rings (SSSR count). The van der Waals surface area contributed by atoms with Crippen LogP contribution < -0.4 is 30.4 Å². The number of nitrogens with one attached hydrogen (secondary N) is 4. The summed E-state index contributed by atoms with van der Waals surface area (Å²) in [7, 11) is 1.77. The van der Waals surface area contributed by atoms with E-state index in [9.17, 15) is 14.0 Å². The van der Waals surface area contributed by atoms with E-state index in [1.54, 1.807) is 44.3 Å². The van der Waals surface area contributed by atoms with Crippen molar-refractivity contribution in [1.82, 2.24) is 14.6 Å². The molecule has 39 heavy (non-hydrogen) atoms. The van der Waals surface area contributed by atoms with Crippen LogP contribution in [0.15, 0.2) is 41.2 Å². The number of benzene rings is 2. The molecule has 4 N–H and O–H groups in total. The van der Waals surface area contributed by atoms with Crippen LogP contribution in [0.2, 0.25) is 5.02 Å². The third kappa shape index (κ3) is 5.88. The summed E-state index contributed by atoms with van der Waals surface area (Å²) in [6.07, 6.45) is 3.38. The van der Waals surface area contributed by atoms with Gasteiger partial charge in [-0.3, -0.25) is 14.2 Å². The second-order valence-electron chi connectivity index (χ2n) is 9.77. The predicted molar refractivity (Wildman–Crippen MR) is 155 cm³/mol. The minimum Gasteiger partial charge on any atom is -0.454 e. The minimum atomic E-state index is -0.490. The molecule has 0 bridgehead atoms. The van der Waals surface area contributed by atoms with Gasteiger partial charge in [-0.25, -0.2) is 9.11 Å². The molecule has 8 nitrogen and oxygen atoms in total. The van der Waals surface area contributed by atoms with Crippen LogP contribution in [0.25, 0.3) is 0 Å². The summed E-state index contributed by atoms with van der Waals surface area (Å²) in [4.78, 5) is 27.7. The Morgan fingerprint density at radius 3 is 2.59 bits per heavy atom. The molecule has 0 radical (unpaired) electrons. The monoisotopic (exact) mass is 571 g/mol. The molecule has 2 fully saturated rings. The maximum atomic E-state index is 15.0. The first kappa shape index (κ1) is 27.4. The highest BCUT2D eigenvalue weighted by Gasteiger charge is 2.38. The van der Waals surface area contributed by atoms with E-state index < -0.39 is 5.82 Å². The van der Waals surface area contributed by atoms with Gasteiger partial charge in [0.2, 0.25) is 0 Å². The summed E-state index contributed by atoms with van der Waals surface area (Å²) < 4.78 is 28.9. The number of amides is 1. The number of carbonyl (C=O) groups excluding carboxylic acids is 1. The van der Waals surface area contributed by atoms with Crippen LogP contribution in [-0.2, 0) is 6.54 Å². The van der Waals surface area contributed by atoms with Crippen molar-refractivity contribution in [1.29, 1.82) is 0 Å². The number of hydrogen-bond donors (Lipinski definition) is 4. The third-order valence-corrected chi connectivity index (χ3v) is 7.63. The summed E-state index contributed by atoms with van der Waals surface area (Å²) >= 11 is 7.93. The van der Waals surface area contributed by atoms with Gasteiger partial charge in [-0.15, -0.1) is 0 Å². The van der Waals surface area contributed by atoms with Gasteiger partial charge in [-0.2, -0.15) is 0 Å². The first-order chi connectivity index (χ1) is 18.8. The number of ether oxygens (including phenoxy) is 1. The van der Waals surface area contributed by atoms with Gasteiger partial charge >= 0.3 is 0 Å². The van der Waals surface area contributed by atoms with Gasteiger partial charge in [0.1, 0.15) is 28.0 Å². The Morgan fingerprint density at radius 2 is 1.95 bits per heavy atom. The Balaban J connectivity index is 1.71. The van der Waals surface area contributed by atoms with Crippen LogP contribution in [0, 0.1) is 12.7 Å². The van der Waals surface area contributed by atoms with Crippen LogP contribution in [0.5, 0.6) is 11.5 Å². The molecule has 3 aromatic rings. The smallest absolute Gasteiger partial charge is 0.259 e. The van der Waals surface area contributed by atoms with Crippen LogP contribution in [0.4, 0.5) is 21.6 Å². The molecule has 2 aromatic carbocycles. The zero-order valence-electron chi connectivity index (χ0n) is 22.0. The van der Waals surface area contributed by atoms with Gasteiger partial charge < -0.3 is 20.1 Å². The van der Waals surface area contributed by atoms with Gasteiger partial charge in [0.25, 0.3) is 11.5 Å². The van der Waals surface area contributed by atoms with Crippen LogP contribution in [0.1, 0.15) is 60.0 Å². The third-order valence-electron chi connectivity index (χ3n) is 6.71. The molecular formula is C28H31ClFN5O3S. The highest BCUT2D eigenvalue weighted by Crippen LogP contribution is 2.48. The predicted octanol–water partition coefficient (Wildman–Crippen LogP) is 6.47. The van der Waals surface area contributed by atoms with Crippen molar-refractivity contribution >= 4 is 46.8 Å². The van der Waals surface area contributed by atoms with E-state index in [1.165, 1.54) is 22.8 Å². The molecule has 0 spiro atoms. The second kappa shape index (κ2) is 11.5. The van der Waals surface area contributed by atoms with Crippen molar-refractivity contribution in [3.63, 3.8) is 0 Å². The second-order valence-corrected chi connectivity index (χ2v) is 11.0. The SMILES string of the molecule is CCn1c(Nc2ccc(C)cc2F)c(C(=O)NC2CC2)c(Oc2cccc(NSNC)c2Cl)c(C2CC2)c1=O. The number of pyridine rings is 1. The molecule has 0 unspecified atom stereocenters. The van der Waals surface area contributed by atoms with Gasteiger partial charge in [0, 0.05) is 24.7 Å². The number of anilines is 3. The lowest BCUT2D eigenvalue weighted by atomic mass is 10.0. The Bertz CT molecular complexity index is 1470. The molecule has 2 aliphatic carbocycles. The average molecular weight is 572 g/mol. The Hall–Kier alpha value is -3.21. The van der Waals surface area contributed by atoms with E-state index >= 15 is 0 Å². The molecule has 1 heterocycles. The van der Waals surface area contributed by atoms with E-state index in [0.717, 1.165) is 31.2 Å². The lowest BCUT2D eigenvalue weighted by Crippen LogP contribution is -2.33. The molecule has 2 saturated carbocycles. The van der Waals surface area contributed by atoms with Gasteiger partial charge in [0.05, 0.1) is 16.9 Å². The lowest BCUT2D eigenvalue weighted by molar-refractivity contribution is 0.0948. The number of aromatic nitrogens is 1. The number of rotatable bonds is 11. The fourth-order valence-corrected chi connectivity index (χ4v) is 5.07. The van der Waals surface area contributed by atoms with Crippen molar-refractivity contribution in [3.8, 4) is 11.5 Å². The maximum absolute atomic E-state index is 15.0. The maximum Gasteiger partial charge on any atom is 0.259 e. The van der Waals surface area contributed by atoms with Crippen molar-refractivity contribution in [2.75, 3.05) is 17.1 Å². The molecule has 0 aliphatic heterocycles. The Labute approximate surface area is 235 Å². The molecule has 1 aromatic heterocycles. The lowest BCUT2D eigenvalue weighted by Gasteiger charge is -2.24. The molecule has 1 amide bonds. The first-order valence-electron chi connectivity index (χ1n) is 13.0.